The van der Waals surface area contributed by atoms with Gasteiger partial charge >= 0.3 is 7.60 Å². The molecule has 0 aromatic rings. The number of allylic oxidation sites excluding steroid dienone is 5. The molecule has 1 aliphatic rings. The summed E-state index contributed by atoms with van der Waals surface area (Å²) in [5.41, 5.74) is -0.607. The van der Waals surface area contributed by atoms with Gasteiger partial charge in [0.15, 0.2) is 0 Å². The molecule has 0 heterocycles. The summed E-state index contributed by atoms with van der Waals surface area (Å²) in [5, 5.41) is 0. The summed E-state index contributed by atoms with van der Waals surface area (Å²) in [7, 11) is -3.78. The Labute approximate surface area is 95.2 Å². The molecule has 0 aromatic heterocycles. The van der Waals surface area contributed by atoms with Gasteiger partial charge in [-0.3, -0.25) is 8.96 Å². The van der Waals surface area contributed by atoms with Crippen LogP contribution in [0.1, 0.15) is 13.8 Å². The summed E-state index contributed by atoms with van der Waals surface area (Å²) in [6.07, 6.45) is 8.14. The van der Waals surface area contributed by atoms with Gasteiger partial charge in [0.2, 0.25) is 0 Å². The first-order valence-electron chi connectivity index (χ1n) is 5.11. The fraction of sp³-hybridized carbons (Fsp3) is 0.364. The molecule has 0 amide bonds. The van der Waals surface area contributed by atoms with Crippen molar-refractivity contribution in [3.05, 3.63) is 41.9 Å². The van der Waals surface area contributed by atoms with Crippen LogP contribution < -0.4 is 0 Å². The SMILES string of the molecule is CCOP(=O)(OCC)/C(F)=C1/C=CC=C[CH-]1. The molecule has 0 unspecified atom stereocenters. The van der Waals surface area contributed by atoms with Crippen LogP contribution in [0.2, 0.25) is 0 Å². The highest BCUT2D eigenvalue weighted by Crippen LogP contribution is 2.58. The third-order valence-electron chi connectivity index (χ3n) is 1.85. The maximum atomic E-state index is 14.0. The van der Waals surface area contributed by atoms with Crippen molar-refractivity contribution in [3.8, 4) is 0 Å². The minimum Gasteiger partial charge on any atom is -0.310 e. The lowest BCUT2D eigenvalue weighted by Gasteiger charge is -2.21. The largest absolute Gasteiger partial charge is 0.349 e. The van der Waals surface area contributed by atoms with E-state index >= 15 is 0 Å². The highest BCUT2D eigenvalue weighted by molar-refractivity contribution is 7.58. The van der Waals surface area contributed by atoms with Gasteiger partial charge in [0, 0.05) is 0 Å². The van der Waals surface area contributed by atoms with Gasteiger partial charge in [-0.1, -0.05) is 0 Å². The number of halogens is 1. The fourth-order valence-electron chi connectivity index (χ4n) is 1.22. The zero-order valence-corrected chi connectivity index (χ0v) is 10.2. The molecule has 0 spiro atoms. The van der Waals surface area contributed by atoms with Crippen LogP contribution in [0.5, 0.6) is 0 Å². The summed E-state index contributed by atoms with van der Waals surface area (Å²) in [6, 6.07) is 0. The normalized spacial score (nSPS) is 18.4. The van der Waals surface area contributed by atoms with Crippen LogP contribution in [0.25, 0.3) is 0 Å². The molecule has 0 aliphatic heterocycles. The smallest absolute Gasteiger partial charge is 0.310 e. The number of rotatable bonds is 5. The van der Waals surface area contributed by atoms with E-state index in [9.17, 15) is 8.96 Å². The topological polar surface area (TPSA) is 35.5 Å². The molecule has 0 N–H and O–H groups in total. The molecule has 0 radical (unpaired) electrons. The molecule has 1 aliphatic carbocycles. The molecule has 0 atom stereocenters. The van der Waals surface area contributed by atoms with E-state index in [0.717, 1.165) is 0 Å². The van der Waals surface area contributed by atoms with E-state index in [0.29, 0.717) is 0 Å². The van der Waals surface area contributed by atoms with E-state index in [1.165, 1.54) is 12.5 Å². The summed E-state index contributed by atoms with van der Waals surface area (Å²) in [4.78, 5) is 0. The molecular weight excluding hydrogens is 230 g/mol. The van der Waals surface area contributed by atoms with Crippen LogP contribution in [0.4, 0.5) is 4.39 Å². The minimum absolute atomic E-state index is 0.136. The van der Waals surface area contributed by atoms with E-state index in [1.807, 2.05) is 0 Å². The highest BCUT2D eigenvalue weighted by Gasteiger charge is 2.27. The van der Waals surface area contributed by atoms with Gasteiger partial charge in [-0.2, -0.15) is 0 Å². The molecule has 0 bridgehead atoms. The lowest BCUT2D eigenvalue weighted by molar-refractivity contribution is 0.219. The Morgan fingerprint density at radius 2 is 2.00 bits per heavy atom. The molecule has 1 rings (SSSR count). The molecule has 16 heavy (non-hydrogen) atoms. The first kappa shape index (κ1) is 13.2. The Kier molecular flexibility index (Phi) is 5.00. The van der Waals surface area contributed by atoms with E-state index < -0.39 is 13.2 Å². The van der Waals surface area contributed by atoms with Gasteiger partial charge in [-0.15, -0.1) is 36.3 Å². The first-order valence-corrected chi connectivity index (χ1v) is 6.66. The van der Waals surface area contributed by atoms with Crippen molar-refractivity contribution >= 4 is 7.60 Å². The molecule has 0 saturated carbocycles. The maximum absolute atomic E-state index is 14.0. The molecule has 0 aromatic carbocycles. The number of hydrogen-bond acceptors (Lipinski definition) is 3. The lowest BCUT2D eigenvalue weighted by atomic mass is 10.1. The Morgan fingerprint density at radius 3 is 2.44 bits per heavy atom. The highest BCUT2D eigenvalue weighted by atomic mass is 31.2. The summed E-state index contributed by atoms with van der Waals surface area (Å²) >= 11 is 0. The lowest BCUT2D eigenvalue weighted by Crippen LogP contribution is -1.99. The van der Waals surface area contributed by atoms with Crippen molar-refractivity contribution in [3.63, 3.8) is 0 Å². The summed E-state index contributed by atoms with van der Waals surface area (Å²) in [6.45, 7) is 3.56. The van der Waals surface area contributed by atoms with Crippen LogP contribution in [0, 0.1) is 6.42 Å². The van der Waals surface area contributed by atoms with Gasteiger partial charge in [-0.05, 0) is 13.8 Å². The predicted octanol–water partition coefficient (Wildman–Crippen LogP) is 3.76. The minimum atomic E-state index is -3.78. The van der Waals surface area contributed by atoms with E-state index in [-0.39, 0.29) is 18.8 Å². The Balaban J connectivity index is 2.98. The molecule has 5 heteroatoms. The van der Waals surface area contributed by atoms with Gasteiger partial charge in [0.25, 0.3) is 0 Å². The van der Waals surface area contributed by atoms with Crippen LogP contribution in [0.15, 0.2) is 35.4 Å². The zero-order valence-electron chi connectivity index (χ0n) is 9.35. The van der Waals surface area contributed by atoms with Gasteiger partial charge in [-0.25, -0.2) is 0 Å². The van der Waals surface area contributed by atoms with E-state index in [2.05, 4.69) is 0 Å². The van der Waals surface area contributed by atoms with E-state index in [4.69, 9.17) is 9.05 Å². The fourth-order valence-corrected chi connectivity index (χ4v) is 2.67. The Morgan fingerprint density at radius 1 is 1.38 bits per heavy atom. The first-order chi connectivity index (χ1) is 7.64. The standard InChI is InChI=1S/C11H15FO3P/c1-3-14-16(13,15-4-2)11(12)10-8-6-5-7-9-10/h5-9H,3-4H2,1-2H3/q-1. The molecule has 0 fully saturated rings. The summed E-state index contributed by atoms with van der Waals surface area (Å²) in [5.74, 6) is 0. The van der Waals surface area contributed by atoms with Crippen molar-refractivity contribution in [1.82, 2.24) is 0 Å². The van der Waals surface area contributed by atoms with Gasteiger partial charge in [0.1, 0.15) is 5.57 Å². The molecular formula is C11H15FO3P-. The Hall–Kier alpha value is -0.830. The summed E-state index contributed by atoms with van der Waals surface area (Å²) < 4.78 is 35.8. The van der Waals surface area contributed by atoms with Crippen molar-refractivity contribution in [2.45, 2.75) is 13.8 Å². The van der Waals surface area contributed by atoms with Crippen LogP contribution in [-0.2, 0) is 13.6 Å². The molecule has 0 saturated heterocycles. The second kappa shape index (κ2) is 6.04. The maximum Gasteiger partial charge on any atom is 0.349 e. The second-order valence-electron chi connectivity index (χ2n) is 2.99. The third kappa shape index (κ3) is 3.08. The van der Waals surface area contributed by atoms with Crippen molar-refractivity contribution in [2.24, 2.45) is 0 Å². The Bertz CT molecular complexity index is 361. The molecule has 3 nitrogen and oxygen atoms in total. The van der Waals surface area contributed by atoms with Crippen LogP contribution in [0.3, 0.4) is 0 Å². The predicted molar refractivity (Wildman–Crippen MR) is 61.6 cm³/mol. The van der Waals surface area contributed by atoms with Crippen LogP contribution in [-0.4, -0.2) is 13.2 Å². The quantitative estimate of drug-likeness (QED) is 0.546. The van der Waals surface area contributed by atoms with Crippen LogP contribution >= 0.6 is 7.60 Å². The average molecular weight is 245 g/mol. The van der Waals surface area contributed by atoms with Gasteiger partial charge < -0.3 is 9.05 Å². The van der Waals surface area contributed by atoms with E-state index in [1.54, 1.807) is 32.1 Å². The average Bonchev–Trinajstić information content (AvgIpc) is 2.30. The van der Waals surface area contributed by atoms with Gasteiger partial charge in [0.05, 0.1) is 13.2 Å². The van der Waals surface area contributed by atoms with Crippen molar-refractivity contribution in [1.29, 1.82) is 0 Å². The second-order valence-corrected chi connectivity index (χ2v) is 4.89. The van der Waals surface area contributed by atoms with Crippen molar-refractivity contribution in [2.75, 3.05) is 13.2 Å². The zero-order chi connectivity index (χ0) is 12.0. The number of hydrogen-bond donors (Lipinski definition) is 0. The molecule has 90 valence electrons. The monoisotopic (exact) mass is 245 g/mol. The van der Waals surface area contributed by atoms with Crippen molar-refractivity contribution < 1.29 is 18.0 Å². The third-order valence-corrected chi connectivity index (χ3v) is 3.79.